The molecular weight excluding hydrogens is 226 g/mol. The summed E-state index contributed by atoms with van der Waals surface area (Å²) in [4.78, 5) is 10.6. The van der Waals surface area contributed by atoms with Crippen molar-refractivity contribution < 1.29 is 0 Å². The van der Waals surface area contributed by atoms with Gasteiger partial charge in [0.15, 0.2) is 0 Å². The van der Waals surface area contributed by atoms with Crippen LogP contribution in [0.15, 0.2) is 30.3 Å². The van der Waals surface area contributed by atoms with E-state index in [1.807, 2.05) is 56.3 Å². The predicted molar refractivity (Wildman–Crippen MR) is 75.2 cm³/mol. The van der Waals surface area contributed by atoms with Crippen LogP contribution in [-0.2, 0) is 0 Å². The van der Waals surface area contributed by atoms with Crippen molar-refractivity contribution >= 4 is 23.0 Å². The van der Waals surface area contributed by atoms with Gasteiger partial charge in [-0.1, -0.05) is 6.07 Å². The van der Waals surface area contributed by atoms with Crippen molar-refractivity contribution in [2.75, 3.05) is 30.0 Å². The third-order valence-electron chi connectivity index (χ3n) is 2.44. The van der Waals surface area contributed by atoms with E-state index < -0.39 is 0 Å². The van der Waals surface area contributed by atoms with Crippen molar-refractivity contribution in [3.63, 3.8) is 0 Å². The zero-order chi connectivity index (χ0) is 13.1. The number of rotatable bonds is 3. The number of benzene rings is 1. The fraction of sp³-hybridized carbons (Fsp3) is 0.231. The van der Waals surface area contributed by atoms with Gasteiger partial charge in [0.1, 0.15) is 17.5 Å². The van der Waals surface area contributed by atoms with Gasteiger partial charge in [-0.05, 0) is 25.1 Å². The molecule has 0 aliphatic rings. The third kappa shape index (κ3) is 2.88. The summed E-state index contributed by atoms with van der Waals surface area (Å²) in [6.07, 6.45) is 0. The van der Waals surface area contributed by atoms with Crippen molar-refractivity contribution in [1.82, 2.24) is 9.97 Å². The van der Waals surface area contributed by atoms with E-state index in [1.165, 1.54) is 0 Å². The zero-order valence-electron chi connectivity index (χ0n) is 10.8. The molecule has 0 bridgehead atoms. The van der Waals surface area contributed by atoms with Crippen LogP contribution in [0, 0.1) is 6.92 Å². The summed E-state index contributed by atoms with van der Waals surface area (Å²) >= 11 is 0. The molecule has 0 amide bonds. The van der Waals surface area contributed by atoms with Gasteiger partial charge in [-0.15, -0.1) is 0 Å². The maximum absolute atomic E-state index is 5.74. The molecule has 0 aliphatic carbocycles. The molecule has 1 aromatic heterocycles. The molecule has 94 valence electrons. The van der Waals surface area contributed by atoms with Gasteiger partial charge in [-0.2, -0.15) is 0 Å². The van der Waals surface area contributed by atoms with Gasteiger partial charge in [0.2, 0.25) is 0 Å². The summed E-state index contributed by atoms with van der Waals surface area (Å²) < 4.78 is 0. The van der Waals surface area contributed by atoms with Crippen molar-refractivity contribution in [1.29, 1.82) is 0 Å². The van der Waals surface area contributed by atoms with Gasteiger partial charge < -0.3 is 16.0 Å². The molecule has 2 rings (SSSR count). The molecule has 3 N–H and O–H groups in total. The van der Waals surface area contributed by atoms with E-state index >= 15 is 0 Å². The minimum Gasteiger partial charge on any atom is -0.399 e. The zero-order valence-corrected chi connectivity index (χ0v) is 10.8. The summed E-state index contributed by atoms with van der Waals surface area (Å²) in [6.45, 7) is 1.87. The van der Waals surface area contributed by atoms with Crippen LogP contribution < -0.4 is 16.0 Å². The minimum absolute atomic E-state index is 0.721. The van der Waals surface area contributed by atoms with Crippen LogP contribution in [0.5, 0.6) is 0 Å². The lowest BCUT2D eigenvalue weighted by Gasteiger charge is -2.14. The smallest absolute Gasteiger partial charge is 0.136 e. The average Bonchev–Trinajstić information content (AvgIpc) is 2.28. The molecule has 2 aromatic rings. The summed E-state index contributed by atoms with van der Waals surface area (Å²) in [6, 6.07) is 9.46. The highest BCUT2D eigenvalue weighted by Crippen LogP contribution is 2.20. The van der Waals surface area contributed by atoms with E-state index in [1.54, 1.807) is 0 Å². The fourth-order valence-corrected chi connectivity index (χ4v) is 1.61. The Bertz CT molecular complexity index is 551. The number of hydrogen-bond donors (Lipinski definition) is 2. The quantitative estimate of drug-likeness (QED) is 0.809. The van der Waals surface area contributed by atoms with Crippen LogP contribution in [0.25, 0.3) is 0 Å². The number of nitrogens with two attached hydrogens (primary N) is 1. The Morgan fingerprint density at radius 3 is 2.61 bits per heavy atom. The lowest BCUT2D eigenvalue weighted by Crippen LogP contribution is -2.12. The van der Waals surface area contributed by atoms with Gasteiger partial charge in [0, 0.05) is 31.5 Å². The first-order valence-electron chi connectivity index (χ1n) is 5.70. The monoisotopic (exact) mass is 243 g/mol. The number of aryl methyl sites for hydroxylation is 1. The molecule has 0 aliphatic heterocycles. The highest BCUT2D eigenvalue weighted by Gasteiger charge is 2.04. The topological polar surface area (TPSA) is 67.1 Å². The number of nitrogens with one attached hydrogen (secondary N) is 1. The van der Waals surface area contributed by atoms with Crippen LogP contribution in [-0.4, -0.2) is 24.1 Å². The summed E-state index contributed by atoms with van der Waals surface area (Å²) in [5, 5.41) is 3.22. The third-order valence-corrected chi connectivity index (χ3v) is 2.44. The second-order valence-corrected chi connectivity index (χ2v) is 4.30. The first kappa shape index (κ1) is 12.2. The Kier molecular flexibility index (Phi) is 3.32. The highest BCUT2D eigenvalue weighted by molar-refractivity contribution is 5.63. The van der Waals surface area contributed by atoms with Crippen LogP contribution in [0.3, 0.4) is 0 Å². The van der Waals surface area contributed by atoms with E-state index in [0.717, 1.165) is 28.8 Å². The van der Waals surface area contributed by atoms with E-state index in [9.17, 15) is 0 Å². The molecule has 0 saturated carbocycles. The Balaban J connectivity index is 2.29. The maximum atomic E-state index is 5.74. The summed E-state index contributed by atoms with van der Waals surface area (Å²) in [7, 11) is 3.90. The molecular formula is C13H17N5. The molecule has 1 aromatic carbocycles. The van der Waals surface area contributed by atoms with Crippen molar-refractivity contribution in [3.05, 3.63) is 36.2 Å². The SMILES string of the molecule is Cc1nc(Nc2cccc(N)c2)cc(N(C)C)n1. The molecule has 18 heavy (non-hydrogen) atoms. The normalized spacial score (nSPS) is 10.2. The molecule has 0 radical (unpaired) electrons. The standard InChI is InChI=1S/C13H17N5/c1-9-15-12(8-13(16-9)18(2)3)17-11-6-4-5-10(14)7-11/h4-8H,14H2,1-3H3,(H,15,16,17). The predicted octanol–water partition coefficient (Wildman–Crippen LogP) is 2.18. The average molecular weight is 243 g/mol. The second kappa shape index (κ2) is 4.91. The van der Waals surface area contributed by atoms with E-state index in [2.05, 4.69) is 15.3 Å². The largest absolute Gasteiger partial charge is 0.399 e. The van der Waals surface area contributed by atoms with Gasteiger partial charge in [-0.25, -0.2) is 9.97 Å². The number of nitrogen functional groups attached to an aromatic ring is 1. The fourth-order valence-electron chi connectivity index (χ4n) is 1.61. The van der Waals surface area contributed by atoms with Crippen molar-refractivity contribution in [2.45, 2.75) is 6.92 Å². The lowest BCUT2D eigenvalue weighted by atomic mass is 10.3. The Morgan fingerprint density at radius 2 is 1.94 bits per heavy atom. The van der Waals surface area contributed by atoms with Crippen LogP contribution >= 0.6 is 0 Å². The number of anilines is 4. The van der Waals surface area contributed by atoms with Crippen molar-refractivity contribution in [3.8, 4) is 0 Å². The molecule has 5 nitrogen and oxygen atoms in total. The molecule has 5 heteroatoms. The van der Waals surface area contributed by atoms with E-state index in [-0.39, 0.29) is 0 Å². The van der Waals surface area contributed by atoms with Gasteiger partial charge in [0.05, 0.1) is 0 Å². The number of aromatic nitrogens is 2. The first-order valence-corrected chi connectivity index (χ1v) is 5.70. The number of hydrogen-bond acceptors (Lipinski definition) is 5. The molecule has 0 fully saturated rings. The molecule has 0 spiro atoms. The summed E-state index contributed by atoms with van der Waals surface area (Å²) in [5.74, 6) is 2.36. The Labute approximate surface area is 107 Å². The van der Waals surface area contributed by atoms with E-state index in [0.29, 0.717) is 0 Å². The maximum Gasteiger partial charge on any atom is 0.136 e. The van der Waals surface area contributed by atoms with Crippen LogP contribution in [0.2, 0.25) is 0 Å². The van der Waals surface area contributed by atoms with Gasteiger partial charge in [-0.3, -0.25) is 0 Å². The van der Waals surface area contributed by atoms with Crippen LogP contribution in [0.1, 0.15) is 5.82 Å². The summed E-state index contributed by atoms with van der Waals surface area (Å²) in [5.41, 5.74) is 7.37. The Morgan fingerprint density at radius 1 is 1.17 bits per heavy atom. The lowest BCUT2D eigenvalue weighted by molar-refractivity contribution is 0.991. The van der Waals surface area contributed by atoms with Crippen molar-refractivity contribution in [2.24, 2.45) is 0 Å². The highest BCUT2D eigenvalue weighted by atomic mass is 15.2. The molecule has 0 atom stereocenters. The van der Waals surface area contributed by atoms with Gasteiger partial charge in [0.25, 0.3) is 0 Å². The minimum atomic E-state index is 0.721. The second-order valence-electron chi connectivity index (χ2n) is 4.30. The molecule has 1 heterocycles. The van der Waals surface area contributed by atoms with Gasteiger partial charge >= 0.3 is 0 Å². The molecule has 0 unspecified atom stereocenters. The Hall–Kier alpha value is -2.30. The van der Waals surface area contributed by atoms with Crippen LogP contribution in [0.4, 0.5) is 23.0 Å². The molecule has 0 saturated heterocycles. The number of nitrogens with zero attached hydrogens (tertiary/aromatic N) is 3. The first-order chi connectivity index (χ1) is 8.54. The van der Waals surface area contributed by atoms with E-state index in [4.69, 9.17) is 5.73 Å².